The Labute approximate surface area is 117 Å². The third-order valence-corrected chi connectivity index (χ3v) is 4.23. The zero-order chi connectivity index (χ0) is 13.7. The highest BCUT2D eigenvalue weighted by Crippen LogP contribution is 2.27. The number of hydrogen-bond acceptors (Lipinski definition) is 3. The quantitative estimate of drug-likeness (QED) is 0.902. The number of hydrogen-bond donors (Lipinski definition) is 1. The van der Waals surface area contributed by atoms with E-state index in [1.807, 2.05) is 13.2 Å². The average molecular weight is 261 g/mol. The number of aromatic nitrogens is 1. The molecule has 1 aliphatic rings. The lowest BCUT2D eigenvalue weighted by Gasteiger charge is -2.26. The average Bonchev–Trinajstić information content (AvgIpc) is 2.66. The van der Waals surface area contributed by atoms with Gasteiger partial charge in [0.2, 0.25) is 0 Å². The van der Waals surface area contributed by atoms with Crippen LogP contribution in [0.5, 0.6) is 0 Å². The van der Waals surface area contributed by atoms with Crippen LogP contribution in [0.25, 0.3) is 0 Å². The molecule has 1 aromatic heterocycles. The molecule has 1 N–H and O–H groups in total. The number of anilines is 1. The van der Waals surface area contributed by atoms with E-state index in [1.165, 1.54) is 50.0 Å². The molecule has 1 aliphatic heterocycles. The van der Waals surface area contributed by atoms with Gasteiger partial charge in [0.1, 0.15) is 0 Å². The van der Waals surface area contributed by atoms with Crippen molar-refractivity contribution in [2.75, 3.05) is 25.0 Å². The highest BCUT2D eigenvalue weighted by Gasteiger charge is 2.18. The molecule has 0 saturated carbocycles. The van der Waals surface area contributed by atoms with E-state index in [-0.39, 0.29) is 0 Å². The van der Waals surface area contributed by atoms with Crippen molar-refractivity contribution in [2.24, 2.45) is 5.92 Å². The lowest BCUT2D eigenvalue weighted by atomic mass is 9.98. The highest BCUT2D eigenvalue weighted by atomic mass is 15.1. The summed E-state index contributed by atoms with van der Waals surface area (Å²) in [7, 11) is 2.00. The maximum Gasteiger partial charge on any atom is 0.0445 e. The third-order valence-electron chi connectivity index (χ3n) is 4.23. The molecule has 3 heteroatoms. The Kier molecular flexibility index (Phi) is 5.20. The molecule has 0 aliphatic carbocycles. The number of nitrogens with zero attached hydrogens (tertiary/aromatic N) is 2. The van der Waals surface area contributed by atoms with Gasteiger partial charge < -0.3 is 10.2 Å². The van der Waals surface area contributed by atoms with Crippen molar-refractivity contribution < 1.29 is 0 Å². The van der Waals surface area contributed by atoms with Crippen molar-refractivity contribution in [2.45, 2.75) is 46.1 Å². The van der Waals surface area contributed by atoms with Gasteiger partial charge in [0.15, 0.2) is 0 Å². The van der Waals surface area contributed by atoms with Gasteiger partial charge in [0.05, 0.1) is 0 Å². The Morgan fingerprint density at radius 3 is 2.95 bits per heavy atom. The molecule has 2 rings (SSSR count). The maximum atomic E-state index is 4.44. The second-order valence-corrected chi connectivity index (χ2v) is 5.68. The van der Waals surface area contributed by atoms with Crippen molar-refractivity contribution in [3.05, 3.63) is 23.5 Å². The summed E-state index contributed by atoms with van der Waals surface area (Å²) in [5.41, 5.74) is 3.83. The first-order chi connectivity index (χ1) is 9.24. The van der Waals surface area contributed by atoms with Crippen LogP contribution in [-0.2, 0) is 6.54 Å². The van der Waals surface area contributed by atoms with Crippen LogP contribution in [0.3, 0.4) is 0 Å². The largest absolute Gasteiger partial charge is 0.371 e. The fraction of sp³-hybridized carbons (Fsp3) is 0.688. The van der Waals surface area contributed by atoms with Crippen molar-refractivity contribution in [1.82, 2.24) is 10.3 Å². The molecular formula is C16H27N3. The van der Waals surface area contributed by atoms with Crippen LogP contribution in [0.15, 0.2) is 12.3 Å². The third kappa shape index (κ3) is 3.69. The first kappa shape index (κ1) is 14.3. The predicted molar refractivity (Wildman–Crippen MR) is 81.6 cm³/mol. The van der Waals surface area contributed by atoms with Crippen molar-refractivity contribution in [3.8, 4) is 0 Å². The number of pyridine rings is 1. The molecule has 1 atom stereocenters. The lowest BCUT2D eigenvalue weighted by molar-refractivity contribution is 0.459. The van der Waals surface area contributed by atoms with Crippen LogP contribution in [0.4, 0.5) is 5.69 Å². The van der Waals surface area contributed by atoms with Gasteiger partial charge in [-0.1, -0.05) is 13.3 Å². The van der Waals surface area contributed by atoms with E-state index in [0.29, 0.717) is 0 Å². The Bertz CT molecular complexity index is 403. The monoisotopic (exact) mass is 261 g/mol. The summed E-state index contributed by atoms with van der Waals surface area (Å²) in [6.07, 6.45) is 7.39. The molecule has 1 unspecified atom stereocenters. The molecule has 3 nitrogen and oxygen atoms in total. The fourth-order valence-electron chi connectivity index (χ4n) is 3.01. The Hall–Kier alpha value is -1.09. The molecule has 1 aromatic rings. The first-order valence-electron chi connectivity index (χ1n) is 7.59. The molecule has 0 radical (unpaired) electrons. The summed E-state index contributed by atoms with van der Waals surface area (Å²) >= 11 is 0. The molecule has 1 saturated heterocycles. The topological polar surface area (TPSA) is 28.2 Å². The zero-order valence-corrected chi connectivity index (χ0v) is 12.6. The summed E-state index contributed by atoms with van der Waals surface area (Å²) in [4.78, 5) is 7.01. The van der Waals surface area contributed by atoms with Gasteiger partial charge in [-0.05, 0) is 45.2 Å². The van der Waals surface area contributed by atoms with E-state index in [4.69, 9.17) is 0 Å². The van der Waals surface area contributed by atoms with Crippen LogP contribution in [0.1, 0.15) is 43.9 Å². The predicted octanol–water partition coefficient (Wildman–Crippen LogP) is 3.13. The molecule has 2 heterocycles. The van der Waals surface area contributed by atoms with E-state index in [9.17, 15) is 0 Å². The van der Waals surface area contributed by atoms with Crippen LogP contribution < -0.4 is 10.2 Å². The van der Waals surface area contributed by atoms with E-state index in [0.717, 1.165) is 18.2 Å². The van der Waals surface area contributed by atoms with Gasteiger partial charge in [-0.25, -0.2) is 0 Å². The summed E-state index contributed by atoms with van der Waals surface area (Å²) < 4.78 is 0. The molecule has 0 bridgehead atoms. The Morgan fingerprint density at radius 2 is 2.21 bits per heavy atom. The van der Waals surface area contributed by atoms with Crippen LogP contribution in [0, 0.1) is 12.8 Å². The van der Waals surface area contributed by atoms with Crippen molar-refractivity contribution >= 4 is 5.69 Å². The maximum absolute atomic E-state index is 4.44. The van der Waals surface area contributed by atoms with Crippen molar-refractivity contribution in [3.63, 3.8) is 0 Å². The zero-order valence-electron chi connectivity index (χ0n) is 12.6. The van der Waals surface area contributed by atoms with E-state index in [2.05, 4.69) is 35.1 Å². The lowest BCUT2D eigenvalue weighted by Crippen LogP contribution is -2.26. The van der Waals surface area contributed by atoms with Gasteiger partial charge in [-0.3, -0.25) is 4.98 Å². The van der Waals surface area contributed by atoms with Crippen LogP contribution in [-0.4, -0.2) is 25.1 Å². The molecule has 106 valence electrons. The first-order valence-corrected chi connectivity index (χ1v) is 7.59. The summed E-state index contributed by atoms with van der Waals surface area (Å²) in [6, 6.07) is 2.25. The fourth-order valence-corrected chi connectivity index (χ4v) is 3.01. The molecule has 0 spiro atoms. The van der Waals surface area contributed by atoms with Crippen LogP contribution in [0.2, 0.25) is 0 Å². The second-order valence-electron chi connectivity index (χ2n) is 5.68. The van der Waals surface area contributed by atoms with Crippen LogP contribution >= 0.6 is 0 Å². The van der Waals surface area contributed by atoms with Gasteiger partial charge in [0, 0.05) is 42.8 Å². The summed E-state index contributed by atoms with van der Waals surface area (Å²) in [6.45, 7) is 7.69. The number of nitrogens with one attached hydrogen (secondary N) is 1. The molecule has 19 heavy (non-hydrogen) atoms. The molecular weight excluding hydrogens is 234 g/mol. The van der Waals surface area contributed by atoms with Gasteiger partial charge >= 0.3 is 0 Å². The van der Waals surface area contributed by atoms with Gasteiger partial charge in [0.25, 0.3) is 0 Å². The van der Waals surface area contributed by atoms with Gasteiger partial charge in [-0.2, -0.15) is 0 Å². The van der Waals surface area contributed by atoms with Crippen molar-refractivity contribution in [1.29, 1.82) is 0 Å². The molecule has 0 amide bonds. The van der Waals surface area contributed by atoms with E-state index >= 15 is 0 Å². The van der Waals surface area contributed by atoms with E-state index in [1.54, 1.807) is 0 Å². The standard InChI is InChI=1S/C16H27N3/c1-4-14-6-5-8-19(9-7-14)16-10-13(2)18-12-15(16)11-17-3/h10,12,14,17H,4-9,11H2,1-3H3. The summed E-state index contributed by atoms with van der Waals surface area (Å²) in [5, 5.41) is 3.25. The highest BCUT2D eigenvalue weighted by molar-refractivity contribution is 5.53. The minimum absolute atomic E-state index is 0.899. The molecule has 1 fully saturated rings. The normalized spacial score (nSPS) is 20.4. The van der Waals surface area contributed by atoms with Gasteiger partial charge in [-0.15, -0.1) is 0 Å². The summed E-state index contributed by atoms with van der Waals surface area (Å²) in [5.74, 6) is 0.917. The SMILES string of the molecule is CCC1CCCN(c2cc(C)ncc2CNC)CC1. The number of aryl methyl sites for hydroxylation is 1. The smallest absolute Gasteiger partial charge is 0.0445 e. The Morgan fingerprint density at radius 1 is 1.37 bits per heavy atom. The number of rotatable bonds is 4. The second kappa shape index (κ2) is 6.90. The molecule has 0 aromatic carbocycles. The van der Waals surface area contributed by atoms with E-state index < -0.39 is 0 Å². The minimum Gasteiger partial charge on any atom is -0.371 e. The minimum atomic E-state index is 0.899. The Balaban J connectivity index is 2.17.